The predicted molar refractivity (Wildman–Crippen MR) is 124 cm³/mol. The molecule has 0 bridgehead atoms. The van der Waals surface area contributed by atoms with Gasteiger partial charge in [-0.2, -0.15) is 0 Å². The number of halogens is 2. The first-order chi connectivity index (χ1) is 14.3. The average molecular weight is 457 g/mol. The summed E-state index contributed by atoms with van der Waals surface area (Å²) in [7, 11) is 0. The van der Waals surface area contributed by atoms with Gasteiger partial charge < -0.3 is 0 Å². The number of thiophene rings is 1. The van der Waals surface area contributed by atoms with E-state index in [0.717, 1.165) is 11.1 Å². The van der Waals surface area contributed by atoms with Crippen molar-refractivity contribution in [1.29, 1.82) is 0 Å². The fourth-order valence-electron chi connectivity index (χ4n) is 3.30. The number of fused-ring (bicyclic) bond motifs is 1. The first-order valence-corrected chi connectivity index (χ1v) is 11.0. The molecule has 0 fully saturated rings. The van der Waals surface area contributed by atoms with Crippen LogP contribution < -0.4 is 5.56 Å². The SMILES string of the molecule is CC(C)c1ccc(-c2csc3ncn(CC(=O)c4ccc(Cl)cc4Cl)c(=O)c23)cc1. The first kappa shape index (κ1) is 20.8. The van der Waals surface area contributed by atoms with Crippen LogP contribution in [0.3, 0.4) is 0 Å². The molecule has 0 unspecified atom stereocenters. The molecule has 0 aliphatic carbocycles. The molecule has 152 valence electrons. The Kier molecular flexibility index (Phi) is 5.78. The Hall–Kier alpha value is -2.47. The molecule has 7 heteroatoms. The summed E-state index contributed by atoms with van der Waals surface area (Å²) < 4.78 is 1.33. The quantitative estimate of drug-likeness (QED) is 0.324. The lowest BCUT2D eigenvalue weighted by Gasteiger charge is -2.08. The summed E-state index contributed by atoms with van der Waals surface area (Å²) in [6.45, 7) is 4.13. The zero-order chi connectivity index (χ0) is 21.4. The van der Waals surface area contributed by atoms with Crippen molar-refractivity contribution < 1.29 is 4.79 Å². The summed E-state index contributed by atoms with van der Waals surface area (Å²) in [5.74, 6) is 0.154. The Labute approximate surface area is 187 Å². The minimum atomic E-state index is -0.280. The summed E-state index contributed by atoms with van der Waals surface area (Å²) >= 11 is 13.5. The standard InChI is InChI=1S/C23H18Cl2N2O2S/c1-13(2)14-3-5-15(6-4-14)18-11-30-22-21(18)23(29)27(12-26-22)10-20(28)17-8-7-16(24)9-19(17)25/h3-9,11-13H,10H2,1-2H3. The Balaban J connectivity index is 1.72. The smallest absolute Gasteiger partial charge is 0.263 e. The maximum absolute atomic E-state index is 13.2. The number of rotatable bonds is 5. The van der Waals surface area contributed by atoms with E-state index in [9.17, 15) is 9.59 Å². The van der Waals surface area contributed by atoms with Crippen molar-refractivity contribution in [1.82, 2.24) is 9.55 Å². The number of benzene rings is 2. The van der Waals surface area contributed by atoms with E-state index in [2.05, 4.69) is 31.0 Å². The molecule has 4 nitrogen and oxygen atoms in total. The number of nitrogens with zero attached hydrogens (tertiary/aromatic N) is 2. The fraction of sp³-hybridized carbons (Fsp3) is 0.174. The minimum Gasteiger partial charge on any atom is -0.292 e. The maximum atomic E-state index is 13.2. The van der Waals surface area contributed by atoms with Gasteiger partial charge in [0.05, 0.1) is 23.3 Å². The molecule has 0 N–H and O–H groups in total. The number of carbonyl (C=O) groups excluding carboxylic acids is 1. The van der Waals surface area contributed by atoms with Gasteiger partial charge in [0.15, 0.2) is 5.78 Å². The lowest BCUT2D eigenvalue weighted by atomic mass is 9.99. The minimum absolute atomic E-state index is 0.148. The molecule has 4 rings (SSSR count). The van der Waals surface area contributed by atoms with E-state index in [-0.39, 0.29) is 22.9 Å². The number of hydrogen-bond acceptors (Lipinski definition) is 4. The maximum Gasteiger partial charge on any atom is 0.263 e. The van der Waals surface area contributed by atoms with E-state index in [1.165, 1.54) is 33.9 Å². The van der Waals surface area contributed by atoms with Crippen LogP contribution in [-0.2, 0) is 6.54 Å². The van der Waals surface area contributed by atoms with Gasteiger partial charge in [-0.3, -0.25) is 14.2 Å². The van der Waals surface area contributed by atoms with Gasteiger partial charge in [0, 0.05) is 21.5 Å². The molecule has 0 amide bonds. The van der Waals surface area contributed by atoms with Crippen LogP contribution in [0.5, 0.6) is 0 Å². The number of carbonyl (C=O) groups is 1. The van der Waals surface area contributed by atoms with E-state index in [1.807, 2.05) is 17.5 Å². The van der Waals surface area contributed by atoms with Gasteiger partial charge in [0.1, 0.15) is 4.83 Å². The third-order valence-corrected chi connectivity index (χ3v) is 6.43. The Morgan fingerprint density at radius 3 is 2.53 bits per heavy atom. The van der Waals surface area contributed by atoms with Crippen molar-refractivity contribution in [3.63, 3.8) is 0 Å². The molecule has 0 aliphatic heterocycles. The zero-order valence-electron chi connectivity index (χ0n) is 16.4. The van der Waals surface area contributed by atoms with Crippen LogP contribution in [-0.4, -0.2) is 15.3 Å². The van der Waals surface area contributed by atoms with Crippen LogP contribution in [0.4, 0.5) is 0 Å². The molecular formula is C23H18Cl2N2O2S. The van der Waals surface area contributed by atoms with Crippen molar-refractivity contribution >= 4 is 50.5 Å². The normalized spacial score (nSPS) is 11.4. The molecule has 4 aromatic rings. The Bertz CT molecular complexity index is 1310. The topological polar surface area (TPSA) is 52.0 Å². The number of Topliss-reactive ketones (excluding diaryl/α,β-unsaturated/α-hetero) is 1. The summed E-state index contributed by atoms with van der Waals surface area (Å²) in [6, 6.07) is 12.9. The Morgan fingerprint density at radius 1 is 1.13 bits per heavy atom. The molecule has 0 saturated carbocycles. The van der Waals surface area contributed by atoms with E-state index < -0.39 is 0 Å². The summed E-state index contributed by atoms with van der Waals surface area (Å²) in [6.07, 6.45) is 1.41. The largest absolute Gasteiger partial charge is 0.292 e. The van der Waals surface area contributed by atoms with Crippen LogP contribution in [0.1, 0.15) is 35.7 Å². The van der Waals surface area contributed by atoms with E-state index in [1.54, 1.807) is 12.1 Å². The zero-order valence-corrected chi connectivity index (χ0v) is 18.7. The van der Waals surface area contributed by atoms with Crippen LogP contribution >= 0.6 is 34.5 Å². The third kappa shape index (κ3) is 3.93. The second-order valence-corrected chi connectivity index (χ2v) is 9.03. The molecule has 0 atom stereocenters. The highest BCUT2D eigenvalue weighted by molar-refractivity contribution is 7.17. The van der Waals surface area contributed by atoms with Crippen LogP contribution in [0.2, 0.25) is 10.0 Å². The van der Waals surface area contributed by atoms with Crippen LogP contribution in [0.15, 0.2) is 59.0 Å². The first-order valence-electron chi connectivity index (χ1n) is 9.40. The molecule has 2 heterocycles. The molecular weight excluding hydrogens is 439 g/mol. The Morgan fingerprint density at radius 2 is 1.87 bits per heavy atom. The highest BCUT2D eigenvalue weighted by atomic mass is 35.5. The monoisotopic (exact) mass is 456 g/mol. The summed E-state index contributed by atoms with van der Waals surface area (Å²) in [5, 5.41) is 3.17. The highest BCUT2D eigenvalue weighted by Gasteiger charge is 2.17. The molecule has 2 aromatic heterocycles. The molecule has 0 spiro atoms. The van der Waals surface area contributed by atoms with E-state index >= 15 is 0 Å². The van der Waals surface area contributed by atoms with E-state index in [4.69, 9.17) is 23.2 Å². The molecule has 0 aliphatic rings. The number of aromatic nitrogens is 2. The number of hydrogen-bond donors (Lipinski definition) is 0. The predicted octanol–water partition coefficient (Wildman–Crippen LogP) is 6.44. The lowest BCUT2D eigenvalue weighted by molar-refractivity contribution is 0.0971. The van der Waals surface area contributed by atoms with Gasteiger partial charge >= 0.3 is 0 Å². The number of ketones is 1. The lowest BCUT2D eigenvalue weighted by Crippen LogP contribution is -2.24. The molecule has 0 radical (unpaired) electrons. The van der Waals surface area contributed by atoms with Gasteiger partial charge in [0.25, 0.3) is 5.56 Å². The molecule has 30 heavy (non-hydrogen) atoms. The van der Waals surface area contributed by atoms with Crippen LogP contribution in [0, 0.1) is 0 Å². The third-order valence-electron chi connectivity index (χ3n) is 4.99. The van der Waals surface area contributed by atoms with Gasteiger partial charge in [-0.1, -0.05) is 61.3 Å². The van der Waals surface area contributed by atoms with E-state index in [0.29, 0.717) is 26.7 Å². The van der Waals surface area contributed by atoms with Crippen molar-refractivity contribution in [3.8, 4) is 11.1 Å². The van der Waals surface area contributed by atoms with Gasteiger partial charge in [-0.25, -0.2) is 4.98 Å². The average Bonchev–Trinajstić information content (AvgIpc) is 3.15. The summed E-state index contributed by atoms with van der Waals surface area (Å²) in [5.41, 5.74) is 3.09. The van der Waals surface area contributed by atoms with Gasteiger partial charge in [-0.15, -0.1) is 11.3 Å². The second kappa shape index (κ2) is 8.34. The molecule has 2 aromatic carbocycles. The fourth-order valence-corrected chi connectivity index (χ4v) is 4.72. The van der Waals surface area contributed by atoms with Gasteiger partial charge in [0.2, 0.25) is 0 Å². The van der Waals surface area contributed by atoms with Crippen molar-refractivity contribution in [2.24, 2.45) is 0 Å². The van der Waals surface area contributed by atoms with Crippen molar-refractivity contribution in [2.75, 3.05) is 0 Å². The van der Waals surface area contributed by atoms with Crippen molar-refractivity contribution in [2.45, 2.75) is 26.3 Å². The second-order valence-electron chi connectivity index (χ2n) is 7.33. The van der Waals surface area contributed by atoms with Crippen LogP contribution in [0.25, 0.3) is 21.3 Å². The summed E-state index contributed by atoms with van der Waals surface area (Å²) in [4.78, 5) is 30.9. The van der Waals surface area contributed by atoms with Gasteiger partial charge in [-0.05, 0) is 35.2 Å². The highest BCUT2D eigenvalue weighted by Crippen LogP contribution is 2.31. The van der Waals surface area contributed by atoms with Crippen molar-refractivity contribution in [3.05, 3.63) is 85.7 Å². The molecule has 0 saturated heterocycles.